The van der Waals surface area contributed by atoms with Crippen LogP contribution in [-0.4, -0.2) is 43.5 Å². The molecule has 1 heterocycles. The van der Waals surface area contributed by atoms with Crippen LogP contribution < -0.4 is 11.1 Å². The fraction of sp³-hybridized carbons (Fsp3) is 0.632. The van der Waals surface area contributed by atoms with Crippen molar-refractivity contribution in [2.45, 2.75) is 64.4 Å². The second-order valence-electron chi connectivity index (χ2n) is 8.62. The molecule has 0 aliphatic carbocycles. The average molecular weight is 380 g/mol. The molecule has 0 spiro atoms. The lowest BCUT2D eigenvalue weighted by molar-refractivity contribution is 0.142. The van der Waals surface area contributed by atoms with Crippen LogP contribution in [0.3, 0.4) is 0 Å². The van der Waals surface area contributed by atoms with Crippen LogP contribution in [0, 0.1) is 0 Å². The molecular formula is C19H33N3O3Si. The largest absolute Gasteiger partial charge is 0.465 e. The second-order valence-corrected chi connectivity index (χ2v) is 13.4. The summed E-state index contributed by atoms with van der Waals surface area (Å²) in [6, 6.07) is 5.93. The summed E-state index contributed by atoms with van der Waals surface area (Å²) in [4.78, 5) is 12.7. The molecule has 2 rings (SSSR count). The maximum atomic E-state index is 11.2. The minimum Gasteiger partial charge on any atom is -0.465 e. The van der Waals surface area contributed by atoms with Crippen LogP contribution in [0.2, 0.25) is 18.1 Å². The summed E-state index contributed by atoms with van der Waals surface area (Å²) in [6.45, 7) is 12.9. The molecule has 26 heavy (non-hydrogen) atoms. The van der Waals surface area contributed by atoms with Gasteiger partial charge in [0.2, 0.25) is 0 Å². The summed E-state index contributed by atoms with van der Waals surface area (Å²) < 4.78 is 6.25. The van der Waals surface area contributed by atoms with E-state index in [9.17, 15) is 9.90 Å². The van der Waals surface area contributed by atoms with Crippen LogP contribution in [0.25, 0.3) is 0 Å². The van der Waals surface area contributed by atoms with E-state index in [1.807, 2.05) is 18.2 Å². The molecule has 0 saturated carbocycles. The summed E-state index contributed by atoms with van der Waals surface area (Å²) in [7, 11) is -1.79. The molecule has 0 radical (unpaired) electrons. The molecule has 1 fully saturated rings. The molecule has 146 valence electrons. The lowest BCUT2D eigenvalue weighted by Crippen LogP contribution is -2.40. The molecule has 7 heteroatoms. The van der Waals surface area contributed by atoms with E-state index in [-0.39, 0.29) is 11.1 Å². The Morgan fingerprint density at radius 2 is 2.12 bits per heavy atom. The smallest absolute Gasteiger partial charge is 0.407 e. The summed E-state index contributed by atoms with van der Waals surface area (Å²) in [6.07, 6.45) is 0.954. The van der Waals surface area contributed by atoms with Gasteiger partial charge in [-0.1, -0.05) is 26.8 Å². The fourth-order valence-corrected chi connectivity index (χ4v) is 3.83. The highest BCUT2D eigenvalue weighted by Gasteiger charge is 2.37. The standard InChI is InChI=1S/C19H33N3O3Si/c1-19(2,3)26(4,5)25-13-14-8-9-17(16(20)11-14)21-12-15-7-6-10-22(15)18(23)24/h8-9,11,15,21H,6-7,10,12-13,20H2,1-5H3,(H,23,24)/t15-/m1/s1. The van der Waals surface area contributed by atoms with Gasteiger partial charge in [-0.15, -0.1) is 0 Å². The zero-order valence-corrected chi connectivity index (χ0v) is 17.6. The van der Waals surface area contributed by atoms with Gasteiger partial charge < -0.3 is 25.5 Å². The van der Waals surface area contributed by atoms with Crippen molar-refractivity contribution >= 4 is 25.8 Å². The first-order valence-electron chi connectivity index (χ1n) is 9.27. The summed E-state index contributed by atoms with van der Waals surface area (Å²) in [5, 5.41) is 12.7. The molecule has 1 aliphatic rings. The highest BCUT2D eigenvalue weighted by Crippen LogP contribution is 2.37. The molecule has 4 N–H and O–H groups in total. The van der Waals surface area contributed by atoms with Gasteiger partial charge in [-0.3, -0.25) is 0 Å². The highest BCUT2D eigenvalue weighted by atomic mass is 28.4. The SMILES string of the molecule is CC(C)(C)[Si](C)(C)OCc1ccc(NC[C@H]2CCCN2C(=O)O)c(N)c1. The molecule has 1 aromatic carbocycles. The lowest BCUT2D eigenvalue weighted by atomic mass is 10.1. The molecule has 1 amide bonds. The van der Waals surface area contributed by atoms with Gasteiger partial charge in [-0.2, -0.15) is 0 Å². The first-order valence-corrected chi connectivity index (χ1v) is 12.2. The van der Waals surface area contributed by atoms with E-state index >= 15 is 0 Å². The van der Waals surface area contributed by atoms with Crippen LogP contribution in [-0.2, 0) is 11.0 Å². The molecule has 6 nitrogen and oxygen atoms in total. The number of nitrogen functional groups attached to an aromatic ring is 1. The monoisotopic (exact) mass is 379 g/mol. The van der Waals surface area contributed by atoms with Gasteiger partial charge in [-0.05, 0) is 48.7 Å². The third kappa shape index (κ3) is 4.91. The number of hydrogen-bond acceptors (Lipinski definition) is 4. The van der Waals surface area contributed by atoms with Crippen molar-refractivity contribution in [3.63, 3.8) is 0 Å². The average Bonchev–Trinajstić information content (AvgIpc) is 3.00. The van der Waals surface area contributed by atoms with E-state index < -0.39 is 14.4 Å². The normalized spacial score (nSPS) is 18.2. The Morgan fingerprint density at radius 1 is 1.42 bits per heavy atom. The van der Waals surface area contributed by atoms with E-state index in [0.29, 0.717) is 25.4 Å². The zero-order valence-electron chi connectivity index (χ0n) is 16.6. The maximum Gasteiger partial charge on any atom is 0.407 e. The van der Waals surface area contributed by atoms with E-state index in [2.05, 4.69) is 39.2 Å². The number of anilines is 2. The molecule has 0 bridgehead atoms. The van der Waals surface area contributed by atoms with Crippen molar-refractivity contribution in [3.8, 4) is 0 Å². The second kappa shape index (κ2) is 7.88. The summed E-state index contributed by atoms with van der Waals surface area (Å²) in [5.74, 6) is 0. The van der Waals surface area contributed by atoms with E-state index in [1.54, 1.807) is 0 Å². The van der Waals surface area contributed by atoms with Crippen LogP contribution in [0.5, 0.6) is 0 Å². The topological polar surface area (TPSA) is 87.8 Å². The number of likely N-dealkylation sites (tertiary alicyclic amines) is 1. The maximum absolute atomic E-state index is 11.2. The third-order valence-corrected chi connectivity index (χ3v) is 10.2. The number of amides is 1. The van der Waals surface area contributed by atoms with Crippen molar-refractivity contribution in [2.24, 2.45) is 0 Å². The van der Waals surface area contributed by atoms with Crippen molar-refractivity contribution in [3.05, 3.63) is 23.8 Å². The van der Waals surface area contributed by atoms with Crippen LogP contribution in [0.15, 0.2) is 18.2 Å². The number of nitrogens with one attached hydrogen (secondary N) is 1. The Balaban J connectivity index is 1.94. The van der Waals surface area contributed by atoms with Gasteiger partial charge >= 0.3 is 6.09 Å². The van der Waals surface area contributed by atoms with Crippen molar-refractivity contribution in [1.29, 1.82) is 0 Å². The first-order chi connectivity index (χ1) is 12.0. The van der Waals surface area contributed by atoms with Crippen molar-refractivity contribution < 1.29 is 14.3 Å². The quantitative estimate of drug-likeness (QED) is 0.505. The van der Waals surface area contributed by atoms with Crippen LogP contribution >= 0.6 is 0 Å². The van der Waals surface area contributed by atoms with Gasteiger partial charge in [0.25, 0.3) is 0 Å². The Bertz CT molecular complexity index is 643. The Morgan fingerprint density at radius 3 is 2.69 bits per heavy atom. The molecular weight excluding hydrogens is 346 g/mol. The minimum atomic E-state index is -1.79. The van der Waals surface area contributed by atoms with E-state index in [4.69, 9.17) is 10.2 Å². The summed E-state index contributed by atoms with van der Waals surface area (Å²) >= 11 is 0. The first kappa shape index (κ1) is 20.6. The number of hydrogen-bond donors (Lipinski definition) is 3. The molecule has 0 unspecified atom stereocenters. The number of rotatable bonds is 6. The van der Waals surface area contributed by atoms with Gasteiger partial charge in [-0.25, -0.2) is 4.79 Å². The predicted molar refractivity (Wildman–Crippen MR) is 109 cm³/mol. The van der Waals surface area contributed by atoms with Gasteiger partial charge in [0, 0.05) is 13.1 Å². The number of nitrogens with two attached hydrogens (primary N) is 1. The minimum absolute atomic E-state index is 0.00787. The van der Waals surface area contributed by atoms with E-state index in [1.165, 1.54) is 4.90 Å². The number of carbonyl (C=O) groups is 1. The van der Waals surface area contributed by atoms with Gasteiger partial charge in [0.1, 0.15) is 0 Å². The molecule has 1 atom stereocenters. The van der Waals surface area contributed by atoms with E-state index in [0.717, 1.165) is 24.1 Å². The molecule has 0 aromatic heterocycles. The Kier molecular flexibility index (Phi) is 6.23. The van der Waals surface area contributed by atoms with Gasteiger partial charge in [0.05, 0.1) is 24.0 Å². The lowest BCUT2D eigenvalue weighted by Gasteiger charge is -2.36. The summed E-state index contributed by atoms with van der Waals surface area (Å²) in [5.41, 5.74) is 8.76. The Hall–Kier alpha value is -1.73. The number of nitrogens with zero attached hydrogens (tertiary/aromatic N) is 1. The zero-order chi connectivity index (χ0) is 19.5. The third-order valence-electron chi connectivity index (χ3n) is 5.67. The highest BCUT2D eigenvalue weighted by molar-refractivity contribution is 6.74. The fourth-order valence-electron chi connectivity index (χ4n) is 2.87. The predicted octanol–water partition coefficient (Wildman–Crippen LogP) is 4.34. The Labute approximate surface area is 157 Å². The van der Waals surface area contributed by atoms with Gasteiger partial charge in [0.15, 0.2) is 8.32 Å². The van der Waals surface area contributed by atoms with Crippen LogP contribution in [0.4, 0.5) is 16.2 Å². The number of benzene rings is 1. The van der Waals surface area contributed by atoms with Crippen molar-refractivity contribution in [1.82, 2.24) is 4.90 Å². The molecule has 1 saturated heterocycles. The van der Waals surface area contributed by atoms with Crippen molar-refractivity contribution in [2.75, 3.05) is 24.1 Å². The van der Waals surface area contributed by atoms with Crippen LogP contribution in [0.1, 0.15) is 39.2 Å². The molecule has 1 aromatic rings. The molecule has 1 aliphatic heterocycles. The number of carboxylic acid groups (broad SMARTS) is 1.